The first-order valence-electron chi connectivity index (χ1n) is 4.73. The molecule has 5 heteroatoms. The van der Waals surface area contributed by atoms with Crippen LogP contribution in [0.1, 0.15) is 5.56 Å². The maximum atomic E-state index is 13.3. The van der Waals surface area contributed by atoms with Crippen LogP contribution in [0.3, 0.4) is 0 Å². The topological polar surface area (TPSA) is 60.9 Å². The summed E-state index contributed by atoms with van der Waals surface area (Å²) in [7, 11) is 0. The average molecular weight is 219 g/mol. The summed E-state index contributed by atoms with van der Waals surface area (Å²) in [4.78, 5) is 11.5. The third-order valence-corrected chi connectivity index (χ3v) is 2.22. The summed E-state index contributed by atoms with van der Waals surface area (Å²) >= 11 is 0. The van der Waals surface area contributed by atoms with Crippen molar-refractivity contribution in [2.45, 2.75) is 6.54 Å². The zero-order valence-electron chi connectivity index (χ0n) is 8.43. The Morgan fingerprint density at radius 2 is 2.06 bits per heavy atom. The number of nitrogen functional groups attached to an aromatic ring is 1. The van der Waals surface area contributed by atoms with E-state index in [9.17, 15) is 9.18 Å². The van der Waals surface area contributed by atoms with Crippen molar-refractivity contribution in [3.05, 3.63) is 58.3 Å². The van der Waals surface area contributed by atoms with Crippen LogP contribution in [-0.2, 0) is 6.54 Å². The molecule has 1 aromatic carbocycles. The quantitative estimate of drug-likeness (QED) is 0.820. The number of nitrogens with two attached hydrogens (primary N) is 1. The highest BCUT2D eigenvalue weighted by molar-refractivity contribution is 5.32. The van der Waals surface area contributed by atoms with Gasteiger partial charge < -0.3 is 5.73 Å². The normalized spacial score (nSPS) is 10.3. The first-order valence-corrected chi connectivity index (χ1v) is 4.73. The zero-order chi connectivity index (χ0) is 11.5. The van der Waals surface area contributed by atoms with Crippen molar-refractivity contribution in [3.63, 3.8) is 0 Å². The number of hydrogen-bond donors (Lipinski definition) is 1. The van der Waals surface area contributed by atoms with Gasteiger partial charge in [-0.05, 0) is 12.1 Å². The molecule has 0 aliphatic rings. The van der Waals surface area contributed by atoms with Crippen molar-refractivity contribution < 1.29 is 4.39 Å². The van der Waals surface area contributed by atoms with Crippen molar-refractivity contribution in [1.29, 1.82) is 0 Å². The van der Waals surface area contributed by atoms with Crippen LogP contribution in [0, 0.1) is 5.82 Å². The van der Waals surface area contributed by atoms with E-state index in [0.29, 0.717) is 5.56 Å². The molecule has 0 amide bonds. The summed E-state index contributed by atoms with van der Waals surface area (Å²) in [6.07, 6.45) is 1.41. The summed E-state index contributed by atoms with van der Waals surface area (Å²) in [5.41, 5.74) is 5.54. The second-order valence-corrected chi connectivity index (χ2v) is 3.34. The molecule has 0 atom stereocenters. The Bertz CT molecular complexity index is 565. The Morgan fingerprint density at radius 1 is 1.31 bits per heavy atom. The first kappa shape index (κ1) is 10.4. The van der Waals surface area contributed by atoms with E-state index in [1.807, 2.05) is 0 Å². The van der Waals surface area contributed by atoms with E-state index in [1.54, 1.807) is 18.2 Å². The highest BCUT2D eigenvalue weighted by Gasteiger charge is 2.05. The molecule has 2 rings (SSSR count). The van der Waals surface area contributed by atoms with E-state index < -0.39 is 5.56 Å². The van der Waals surface area contributed by atoms with Gasteiger partial charge in [0.2, 0.25) is 0 Å². The Hall–Kier alpha value is -2.17. The van der Waals surface area contributed by atoms with E-state index in [1.165, 1.54) is 18.3 Å². The minimum atomic E-state index is -0.411. The predicted octanol–water partition coefficient (Wildman–Crippen LogP) is 1.01. The van der Waals surface area contributed by atoms with Crippen LogP contribution >= 0.6 is 0 Å². The predicted molar refractivity (Wildman–Crippen MR) is 58.4 cm³/mol. The molecule has 0 aliphatic carbocycles. The molecule has 0 bridgehead atoms. The summed E-state index contributed by atoms with van der Waals surface area (Å²) in [5, 5.41) is 3.83. The summed E-state index contributed by atoms with van der Waals surface area (Å²) in [5.74, 6) is -0.362. The minimum Gasteiger partial charge on any atom is -0.394 e. The van der Waals surface area contributed by atoms with Crippen LogP contribution in [0.15, 0.2) is 41.3 Å². The van der Waals surface area contributed by atoms with Gasteiger partial charge in [-0.2, -0.15) is 5.10 Å². The molecular weight excluding hydrogens is 209 g/mol. The number of aromatic nitrogens is 2. The van der Waals surface area contributed by atoms with Gasteiger partial charge in [-0.25, -0.2) is 9.07 Å². The van der Waals surface area contributed by atoms with Crippen molar-refractivity contribution >= 4 is 5.69 Å². The average Bonchev–Trinajstić information content (AvgIpc) is 2.28. The molecule has 0 radical (unpaired) electrons. The molecule has 0 unspecified atom stereocenters. The van der Waals surface area contributed by atoms with E-state index >= 15 is 0 Å². The SMILES string of the molecule is Nc1ccnn(Cc2ccccc2F)c1=O. The van der Waals surface area contributed by atoms with E-state index in [0.717, 1.165) is 4.68 Å². The Kier molecular flexibility index (Phi) is 2.68. The highest BCUT2D eigenvalue weighted by Crippen LogP contribution is 2.06. The third kappa shape index (κ3) is 1.93. The van der Waals surface area contributed by atoms with Gasteiger partial charge in [0.15, 0.2) is 0 Å². The first-order chi connectivity index (χ1) is 7.68. The fourth-order valence-corrected chi connectivity index (χ4v) is 1.37. The van der Waals surface area contributed by atoms with Crippen molar-refractivity contribution in [1.82, 2.24) is 9.78 Å². The molecule has 0 spiro atoms. The van der Waals surface area contributed by atoms with Crippen LogP contribution in [0.25, 0.3) is 0 Å². The van der Waals surface area contributed by atoms with Crippen LogP contribution in [-0.4, -0.2) is 9.78 Å². The summed E-state index contributed by atoms with van der Waals surface area (Å²) < 4.78 is 14.5. The molecule has 0 saturated heterocycles. The van der Waals surface area contributed by atoms with Crippen molar-refractivity contribution in [3.8, 4) is 0 Å². The van der Waals surface area contributed by atoms with E-state index in [-0.39, 0.29) is 18.0 Å². The minimum absolute atomic E-state index is 0.0799. The van der Waals surface area contributed by atoms with Crippen molar-refractivity contribution in [2.75, 3.05) is 5.73 Å². The highest BCUT2D eigenvalue weighted by atomic mass is 19.1. The molecular formula is C11H10FN3O. The molecule has 82 valence electrons. The Morgan fingerprint density at radius 3 is 2.81 bits per heavy atom. The van der Waals surface area contributed by atoms with Crippen LogP contribution in [0.2, 0.25) is 0 Å². The fraction of sp³-hybridized carbons (Fsp3) is 0.0909. The second-order valence-electron chi connectivity index (χ2n) is 3.34. The van der Waals surface area contributed by atoms with Crippen LogP contribution in [0.5, 0.6) is 0 Å². The standard InChI is InChI=1S/C11H10FN3O/c12-9-4-2-1-3-8(9)7-15-11(16)10(13)5-6-14-15/h1-6H,7,13H2. The molecule has 0 fully saturated rings. The second kappa shape index (κ2) is 4.14. The van der Waals surface area contributed by atoms with E-state index in [2.05, 4.69) is 5.10 Å². The van der Waals surface area contributed by atoms with Gasteiger partial charge in [0.25, 0.3) is 5.56 Å². The number of hydrogen-bond acceptors (Lipinski definition) is 3. The zero-order valence-corrected chi connectivity index (χ0v) is 8.43. The van der Waals surface area contributed by atoms with Gasteiger partial charge in [-0.3, -0.25) is 4.79 Å². The number of nitrogens with zero attached hydrogens (tertiary/aromatic N) is 2. The number of rotatable bonds is 2. The van der Waals surface area contributed by atoms with Crippen molar-refractivity contribution in [2.24, 2.45) is 0 Å². The molecule has 0 saturated carbocycles. The summed E-state index contributed by atoms with van der Waals surface area (Å²) in [6.45, 7) is 0.0799. The Balaban J connectivity index is 2.39. The number of anilines is 1. The van der Waals surface area contributed by atoms with Gasteiger partial charge in [0, 0.05) is 11.8 Å². The molecule has 4 nitrogen and oxygen atoms in total. The molecule has 2 aromatic rings. The lowest BCUT2D eigenvalue weighted by atomic mass is 10.2. The Labute approximate surface area is 91.1 Å². The van der Waals surface area contributed by atoms with Gasteiger partial charge in [-0.15, -0.1) is 0 Å². The molecule has 16 heavy (non-hydrogen) atoms. The smallest absolute Gasteiger partial charge is 0.290 e. The monoisotopic (exact) mass is 219 g/mol. The molecule has 1 aromatic heterocycles. The fourth-order valence-electron chi connectivity index (χ4n) is 1.37. The maximum Gasteiger partial charge on any atom is 0.290 e. The van der Waals surface area contributed by atoms with Gasteiger partial charge >= 0.3 is 0 Å². The van der Waals surface area contributed by atoms with Gasteiger partial charge in [-0.1, -0.05) is 18.2 Å². The van der Waals surface area contributed by atoms with E-state index in [4.69, 9.17) is 5.73 Å². The lowest BCUT2D eigenvalue weighted by Crippen LogP contribution is -2.25. The number of halogens is 1. The largest absolute Gasteiger partial charge is 0.394 e. The lowest BCUT2D eigenvalue weighted by molar-refractivity contribution is 0.573. The molecule has 0 aliphatic heterocycles. The molecule has 2 N–H and O–H groups in total. The molecule has 1 heterocycles. The lowest BCUT2D eigenvalue weighted by Gasteiger charge is -2.05. The third-order valence-electron chi connectivity index (χ3n) is 2.22. The number of benzene rings is 1. The van der Waals surface area contributed by atoms with Crippen LogP contribution in [0.4, 0.5) is 10.1 Å². The van der Waals surface area contributed by atoms with Gasteiger partial charge in [0.1, 0.15) is 11.5 Å². The summed E-state index contributed by atoms with van der Waals surface area (Å²) in [6, 6.07) is 7.66. The van der Waals surface area contributed by atoms with Gasteiger partial charge in [0.05, 0.1) is 6.54 Å². The van der Waals surface area contributed by atoms with Crippen LogP contribution < -0.4 is 11.3 Å². The maximum absolute atomic E-state index is 13.3.